The zero-order valence-electron chi connectivity index (χ0n) is 18.4. The summed E-state index contributed by atoms with van der Waals surface area (Å²) in [7, 11) is 0. The fraction of sp³-hybridized carbons (Fsp3) is 0.280. The molecule has 176 valence electrons. The molecule has 1 fully saturated rings. The molecule has 3 aromatic rings. The first-order valence-corrected chi connectivity index (χ1v) is 12.2. The second-order valence-electron chi connectivity index (χ2n) is 8.06. The van der Waals surface area contributed by atoms with Crippen LogP contribution in [0.25, 0.3) is 11.3 Å². The average molecular weight is 501 g/mol. The molecule has 2 atom stereocenters. The lowest BCUT2D eigenvalue weighted by atomic mass is 10.0. The number of Topliss-reactive ketones (excluding diaryl/α,β-unsaturated/α-hetero) is 1. The zero-order chi connectivity index (χ0) is 24.2. The number of nitrogens with zero attached hydrogens (tertiary/aromatic N) is 2. The summed E-state index contributed by atoms with van der Waals surface area (Å²) in [6.45, 7) is 2.13. The number of ketones is 1. The van der Waals surface area contributed by atoms with E-state index in [9.17, 15) is 18.8 Å². The SMILES string of the molecule is Cc1ccc(-c2csc(N3C[C@@H](C(=O)O[C@@H](CCCl)C(=O)c4ccc(F)cc4)CC3=O)n2)cc1. The van der Waals surface area contributed by atoms with Crippen molar-refractivity contribution in [2.75, 3.05) is 17.3 Å². The largest absolute Gasteiger partial charge is 0.454 e. The zero-order valence-corrected chi connectivity index (χ0v) is 19.9. The summed E-state index contributed by atoms with van der Waals surface area (Å²) in [6.07, 6.45) is -1.02. The smallest absolute Gasteiger partial charge is 0.312 e. The quantitative estimate of drug-likeness (QED) is 0.246. The average Bonchev–Trinajstić information content (AvgIpc) is 3.46. The molecule has 34 heavy (non-hydrogen) atoms. The number of alkyl halides is 1. The molecular formula is C25H22ClFN2O4S. The van der Waals surface area contributed by atoms with Crippen molar-refractivity contribution in [3.05, 3.63) is 70.9 Å². The van der Waals surface area contributed by atoms with Crippen LogP contribution in [0.1, 0.15) is 28.8 Å². The summed E-state index contributed by atoms with van der Waals surface area (Å²) < 4.78 is 18.7. The number of aromatic nitrogens is 1. The highest BCUT2D eigenvalue weighted by molar-refractivity contribution is 7.14. The fourth-order valence-electron chi connectivity index (χ4n) is 3.67. The Kier molecular flexibility index (Phi) is 7.38. The molecule has 0 radical (unpaired) electrons. The number of ether oxygens (including phenoxy) is 1. The minimum absolute atomic E-state index is 0.0311. The van der Waals surface area contributed by atoms with Crippen molar-refractivity contribution in [3.63, 3.8) is 0 Å². The molecule has 9 heteroatoms. The van der Waals surface area contributed by atoms with Crippen molar-refractivity contribution in [3.8, 4) is 11.3 Å². The van der Waals surface area contributed by atoms with Gasteiger partial charge in [-0.2, -0.15) is 0 Å². The molecule has 1 aliphatic rings. The first kappa shape index (κ1) is 24.0. The summed E-state index contributed by atoms with van der Waals surface area (Å²) in [5.74, 6) is -2.43. The van der Waals surface area contributed by atoms with Gasteiger partial charge in [0.25, 0.3) is 0 Å². The van der Waals surface area contributed by atoms with Gasteiger partial charge in [-0.1, -0.05) is 29.8 Å². The molecule has 2 aromatic carbocycles. The molecule has 0 bridgehead atoms. The van der Waals surface area contributed by atoms with E-state index in [-0.39, 0.29) is 36.7 Å². The van der Waals surface area contributed by atoms with E-state index in [0.29, 0.717) is 5.13 Å². The number of benzene rings is 2. The Morgan fingerprint density at radius 1 is 1.21 bits per heavy atom. The Morgan fingerprint density at radius 2 is 1.91 bits per heavy atom. The lowest BCUT2D eigenvalue weighted by Crippen LogP contribution is -2.32. The molecule has 1 saturated heterocycles. The first-order valence-electron chi connectivity index (χ1n) is 10.7. The summed E-state index contributed by atoms with van der Waals surface area (Å²) in [6, 6.07) is 12.9. The van der Waals surface area contributed by atoms with Gasteiger partial charge in [0.05, 0.1) is 11.6 Å². The third kappa shape index (κ3) is 5.34. The number of hydrogen-bond acceptors (Lipinski definition) is 6. The van der Waals surface area contributed by atoms with Crippen LogP contribution in [0.4, 0.5) is 9.52 Å². The monoisotopic (exact) mass is 500 g/mol. The molecule has 0 N–H and O–H groups in total. The maximum Gasteiger partial charge on any atom is 0.312 e. The fourth-order valence-corrected chi connectivity index (χ4v) is 4.73. The molecule has 1 aliphatic heterocycles. The van der Waals surface area contributed by atoms with Crippen LogP contribution in [0.5, 0.6) is 0 Å². The van der Waals surface area contributed by atoms with E-state index in [1.165, 1.54) is 40.5 Å². The van der Waals surface area contributed by atoms with Gasteiger partial charge in [0.2, 0.25) is 11.7 Å². The number of anilines is 1. The Hall–Kier alpha value is -3.10. The minimum atomic E-state index is -1.10. The van der Waals surface area contributed by atoms with Gasteiger partial charge in [-0.05, 0) is 31.2 Å². The second kappa shape index (κ2) is 10.4. The molecule has 1 aromatic heterocycles. The number of aryl methyl sites for hydroxylation is 1. The summed E-state index contributed by atoms with van der Waals surface area (Å²) in [5, 5.41) is 2.38. The van der Waals surface area contributed by atoms with Gasteiger partial charge in [0.1, 0.15) is 5.82 Å². The molecule has 0 unspecified atom stereocenters. The van der Waals surface area contributed by atoms with Crippen LogP contribution in [-0.2, 0) is 14.3 Å². The predicted octanol–water partition coefficient (Wildman–Crippen LogP) is 5.03. The topological polar surface area (TPSA) is 76.6 Å². The van der Waals surface area contributed by atoms with Crippen LogP contribution in [0.2, 0.25) is 0 Å². The van der Waals surface area contributed by atoms with Crippen molar-refractivity contribution in [2.24, 2.45) is 5.92 Å². The standard InChI is InChI=1S/C25H22ClFN2O4S/c1-15-2-4-16(5-3-15)20-14-34-25(28-20)29-13-18(12-22(29)30)24(32)33-21(10-11-26)23(31)17-6-8-19(27)9-7-17/h2-9,14,18,21H,10-13H2,1H3/t18-,21-/m0/s1. The predicted molar refractivity (Wildman–Crippen MR) is 129 cm³/mol. The van der Waals surface area contributed by atoms with Crippen LogP contribution in [0.15, 0.2) is 53.9 Å². The molecular weight excluding hydrogens is 479 g/mol. The van der Waals surface area contributed by atoms with E-state index in [1.807, 2.05) is 36.6 Å². The van der Waals surface area contributed by atoms with E-state index in [4.69, 9.17) is 16.3 Å². The first-order chi connectivity index (χ1) is 16.4. The Morgan fingerprint density at radius 3 is 2.59 bits per heavy atom. The van der Waals surface area contributed by atoms with Crippen LogP contribution in [0.3, 0.4) is 0 Å². The Labute approximate surface area is 205 Å². The van der Waals surface area contributed by atoms with Gasteiger partial charge >= 0.3 is 5.97 Å². The minimum Gasteiger partial charge on any atom is -0.454 e. The summed E-state index contributed by atoms with van der Waals surface area (Å²) >= 11 is 7.14. The van der Waals surface area contributed by atoms with Crippen molar-refractivity contribution < 1.29 is 23.5 Å². The highest BCUT2D eigenvalue weighted by atomic mass is 35.5. The van der Waals surface area contributed by atoms with Gasteiger partial charge in [0.15, 0.2) is 11.2 Å². The van der Waals surface area contributed by atoms with Crippen LogP contribution < -0.4 is 4.90 Å². The molecule has 0 aliphatic carbocycles. The molecule has 2 heterocycles. The van der Waals surface area contributed by atoms with Gasteiger partial charge in [-0.15, -0.1) is 22.9 Å². The van der Waals surface area contributed by atoms with Crippen LogP contribution >= 0.6 is 22.9 Å². The number of amides is 1. The van der Waals surface area contributed by atoms with E-state index < -0.39 is 29.6 Å². The molecule has 1 amide bonds. The van der Waals surface area contributed by atoms with Crippen molar-refractivity contribution in [1.82, 2.24) is 4.98 Å². The normalized spacial score (nSPS) is 16.5. The molecule has 0 saturated carbocycles. The van der Waals surface area contributed by atoms with Crippen LogP contribution in [-0.4, -0.2) is 41.2 Å². The Balaban J connectivity index is 1.43. The van der Waals surface area contributed by atoms with Gasteiger partial charge < -0.3 is 4.74 Å². The summed E-state index contributed by atoms with van der Waals surface area (Å²) in [5.41, 5.74) is 3.06. The maximum absolute atomic E-state index is 13.2. The van der Waals surface area contributed by atoms with Gasteiger partial charge in [-0.3, -0.25) is 19.3 Å². The van der Waals surface area contributed by atoms with E-state index in [2.05, 4.69) is 4.98 Å². The lowest BCUT2D eigenvalue weighted by molar-refractivity contribution is -0.151. The maximum atomic E-state index is 13.2. The number of hydrogen-bond donors (Lipinski definition) is 0. The lowest BCUT2D eigenvalue weighted by Gasteiger charge is -2.18. The van der Waals surface area contributed by atoms with Crippen LogP contribution in [0, 0.1) is 18.7 Å². The third-order valence-corrected chi connectivity index (χ3v) is 6.66. The number of carbonyl (C=O) groups is 3. The third-order valence-electron chi connectivity index (χ3n) is 5.58. The number of esters is 1. The van der Waals surface area contributed by atoms with Crippen molar-refractivity contribution >= 4 is 45.7 Å². The number of thiazole rings is 1. The summed E-state index contributed by atoms with van der Waals surface area (Å²) in [4.78, 5) is 44.3. The van der Waals surface area contributed by atoms with Gasteiger partial charge in [0, 0.05) is 41.8 Å². The highest BCUT2D eigenvalue weighted by Gasteiger charge is 2.39. The number of halogens is 2. The second-order valence-corrected chi connectivity index (χ2v) is 9.28. The molecule has 4 rings (SSSR count). The van der Waals surface area contributed by atoms with Crippen molar-refractivity contribution in [2.45, 2.75) is 25.9 Å². The highest BCUT2D eigenvalue weighted by Crippen LogP contribution is 2.32. The van der Waals surface area contributed by atoms with Crippen molar-refractivity contribution in [1.29, 1.82) is 0 Å². The van der Waals surface area contributed by atoms with Gasteiger partial charge in [-0.25, -0.2) is 9.37 Å². The number of rotatable bonds is 8. The molecule has 6 nitrogen and oxygen atoms in total. The van der Waals surface area contributed by atoms with E-state index in [0.717, 1.165) is 16.8 Å². The van der Waals surface area contributed by atoms with E-state index >= 15 is 0 Å². The molecule has 0 spiro atoms. The van der Waals surface area contributed by atoms with E-state index in [1.54, 1.807) is 0 Å². The Bertz CT molecular complexity index is 1200. The number of carbonyl (C=O) groups excluding carboxylic acids is 3.